The predicted octanol–water partition coefficient (Wildman–Crippen LogP) is 3.00. The van der Waals surface area contributed by atoms with Gasteiger partial charge in [0, 0.05) is 0 Å². The molecule has 0 amide bonds. The Morgan fingerprint density at radius 1 is 1.50 bits per heavy atom. The van der Waals surface area contributed by atoms with Gasteiger partial charge in [-0.3, -0.25) is 0 Å². The van der Waals surface area contributed by atoms with E-state index in [1.807, 2.05) is 0 Å². The van der Waals surface area contributed by atoms with Gasteiger partial charge in [0.05, 0.1) is 0 Å². The molecule has 8 heavy (non-hydrogen) atoms. The van der Waals surface area contributed by atoms with Gasteiger partial charge in [-0.15, -0.1) is 0 Å². The molecule has 1 atom stereocenters. The first-order valence-electron chi connectivity index (χ1n) is 3.26. The monoisotopic (exact) mass is 130 g/mol. The highest BCUT2D eigenvalue weighted by molar-refractivity contribution is 7.41. The summed E-state index contributed by atoms with van der Waals surface area (Å²) in [7, 11) is 1.06. The number of rotatable bonds is 4. The highest BCUT2D eigenvalue weighted by atomic mass is 31.1. The molecule has 0 bridgehead atoms. The van der Waals surface area contributed by atoms with Gasteiger partial charge in [-0.2, -0.15) is 0 Å². The molecule has 0 aromatic rings. The van der Waals surface area contributed by atoms with Gasteiger partial charge in [-0.1, -0.05) is 33.8 Å². The van der Waals surface area contributed by atoms with Gasteiger partial charge in [-0.25, -0.2) is 0 Å². The first-order chi connectivity index (χ1) is 3.91. The molecule has 0 aliphatic carbocycles. The Balaban J connectivity index is 2.72. The van der Waals surface area contributed by atoms with Crippen LogP contribution >= 0.6 is 8.58 Å². The summed E-state index contributed by atoms with van der Waals surface area (Å²) in [5.41, 5.74) is 0. The van der Waals surface area contributed by atoms with Crippen LogP contribution < -0.4 is 0 Å². The van der Waals surface area contributed by atoms with E-state index >= 15 is 0 Å². The first kappa shape index (κ1) is 8.17. The maximum absolute atomic E-state index is 2.26. The highest BCUT2D eigenvalue weighted by Gasteiger charge is 1.78. The molecule has 0 spiro atoms. The molecular weight excluding hydrogens is 115 g/mol. The lowest BCUT2D eigenvalue weighted by atomic mass is 10.4. The van der Waals surface area contributed by atoms with E-state index in [9.17, 15) is 0 Å². The summed E-state index contributed by atoms with van der Waals surface area (Å²) in [5, 5.41) is 0. The van der Waals surface area contributed by atoms with Crippen molar-refractivity contribution in [3.8, 4) is 0 Å². The average molecular weight is 130 g/mol. The standard InChI is InChI=1S/C7H15P/c1-3-5-7-8-6-4-2/h4,6,8H,3,5,7H2,1-2H3. The number of unbranched alkanes of at least 4 members (excludes halogenated alkanes) is 1. The fourth-order valence-electron chi connectivity index (χ4n) is 0.480. The third kappa shape index (κ3) is 6.17. The van der Waals surface area contributed by atoms with E-state index in [0.29, 0.717) is 0 Å². The second-order valence-corrected chi connectivity index (χ2v) is 3.05. The fraction of sp³-hybridized carbons (Fsp3) is 0.714. The van der Waals surface area contributed by atoms with E-state index in [0.717, 1.165) is 8.58 Å². The van der Waals surface area contributed by atoms with Gasteiger partial charge in [0.25, 0.3) is 0 Å². The van der Waals surface area contributed by atoms with Crippen LogP contribution in [0.25, 0.3) is 0 Å². The zero-order valence-corrected chi connectivity index (χ0v) is 6.78. The van der Waals surface area contributed by atoms with Crippen LogP contribution in [0, 0.1) is 0 Å². The molecule has 0 N–H and O–H groups in total. The molecule has 1 unspecified atom stereocenters. The van der Waals surface area contributed by atoms with Gasteiger partial charge < -0.3 is 0 Å². The van der Waals surface area contributed by atoms with Crippen LogP contribution in [0.15, 0.2) is 11.9 Å². The second kappa shape index (κ2) is 7.17. The van der Waals surface area contributed by atoms with Crippen molar-refractivity contribution in [2.45, 2.75) is 26.7 Å². The molecule has 0 saturated carbocycles. The largest absolute Gasteiger partial charge is 0.0988 e. The molecule has 1 heteroatoms. The zero-order valence-electron chi connectivity index (χ0n) is 5.78. The predicted molar refractivity (Wildman–Crippen MR) is 42.9 cm³/mol. The Kier molecular flexibility index (Phi) is 7.32. The molecule has 0 nitrogen and oxygen atoms in total. The summed E-state index contributed by atoms with van der Waals surface area (Å²) in [6.45, 7) is 4.32. The molecule has 0 saturated heterocycles. The maximum atomic E-state index is 2.26. The van der Waals surface area contributed by atoms with Gasteiger partial charge in [0.2, 0.25) is 0 Å². The van der Waals surface area contributed by atoms with Crippen LogP contribution in [0.2, 0.25) is 0 Å². The lowest BCUT2D eigenvalue weighted by Gasteiger charge is -1.89. The SMILES string of the molecule is CC=CPCCCC. The van der Waals surface area contributed by atoms with E-state index in [-0.39, 0.29) is 0 Å². The number of hydrogen-bond acceptors (Lipinski definition) is 0. The van der Waals surface area contributed by atoms with Crippen LogP contribution in [0.4, 0.5) is 0 Å². The zero-order chi connectivity index (χ0) is 6.24. The summed E-state index contributed by atoms with van der Waals surface area (Å²) < 4.78 is 0. The molecule has 0 aliphatic heterocycles. The smallest absolute Gasteiger partial charge is 0.0319 e. The van der Waals surface area contributed by atoms with Crippen LogP contribution in [0.3, 0.4) is 0 Å². The van der Waals surface area contributed by atoms with Gasteiger partial charge in [0.15, 0.2) is 0 Å². The topological polar surface area (TPSA) is 0 Å². The van der Waals surface area contributed by atoms with E-state index in [1.165, 1.54) is 19.0 Å². The summed E-state index contributed by atoms with van der Waals surface area (Å²) in [4.78, 5) is 0. The van der Waals surface area contributed by atoms with Crippen molar-refractivity contribution in [3.05, 3.63) is 11.9 Å². The van der Waals surface area contributed by atoms with Crippen LogP contribution in [0.1, 0.15) is 26.7 Å². The number of allylic oxidation sites excluding steroid dienone is 1. The number of hydrogen-bond donors (Lipinski definition) is 0. The van der Waals surface area contributed by atoms with Crippen molar-refractivity contribution in [2.24, 2.45) is 0 Å². The summed E-state index contributed by atoms with van der Waals surface area (Å²) >= 11 is 0. The Morgan fingerprint density at radius 3 is 2.75 bits per heavy atom. The minimum atomic E-state index is 1.06. The van der Waals surface area contributed by atoms with Crippen molar-refractivity contribution in [2.75, 3.05) is 6.16 Å². The minimum absolute atomic E-state index is 1.06. The van der Waals surface area contributed by atoms with Crippen LogP contribution in [0.5, 0.6) is 0 Å². The summed E-state index contributed by atoms with van der Waals surface area (Å²) in [6.07, 6.45) is 6.25. The lowest BCUT2D eigenvalue weighted by molar-refractivity contribution is 0.895. The normalized spacial score (nSPS) is 12.2. The van der Waals surface area contributed by atoms with E-state index in [1.54, 1.807) is 0 Å². The average Bonchev–Trinajstić information content (AvgIpc) is 1.81. The van der Waals surface area contributed by atoms with Gasteiger partial charge in [-0.05, 0) is 19.5 Å². The maximum Gasteiger partial charge on any atom is -0.0319 e. The third-order valence-electron chi connectivity index (χ3n) is 0.959. The Hall–Kier alpha value is 0.170. The minimum Gasteiger partial charge on any atom is -0.0988 e. The molecule has 0 radical (unpaired) electrons. The lowest BCUT2D eigenvalue weighted by Crippen LogP contribution is -1.69. The molecule has 0 heterocycles. The van der Waals surface area contributed by atoms with E-state index < -0.39 is 0 Å². The van der Waals surface area contributed by atoms with Gasteiger partial charge in [0.1, 0.15) is 0 Å². The molecule has 0 rings (SSSR count). The van der Waals surface area contributed by atoms with E-state index in [4.69, 9.17) is 0 Å². The van der Waals surface area contributed by atoms with Crippen molar-refractivity contribution in [1.82, 2.24) is 0 Å². The Morgan fingerprint density at radius 2 is 2.25 bits per heavy atom. The molecule has 0 aliphatic rings. The Labute approximate surface area is 54.2 Å². The molecular formula is C7H15P. The molecule has 0 aromatic heterocycles. The highest BCUT2D eigenvalue weighted by Crippen LogP contribution is 2.12. The van der Waals surface area contributed by atoms with Crippen LogP contribution in [-0.4, -0.2) is 6.16 Å². The van der Waals surface area contributed by atoms with Gasteiger partial charge >= 0.3 is 0 Å². The van der Waals surface area contributed by atoms with Crippen molar-refractivity contribution < 1.29 is 0 Å². The summed E-state index contributed by atoms with van der Waals surface area (Å²) in [6, 6.07) is 0. The second-order valence-electron chi connectivity index (χ2n) is 1.81. The van der Waals surface area contributed by atoms with Crippen LogP contribution in [-0.2, 0) is 0 Å². The van der Waals surface area contributed by atoms with E-state index in [2.05, 4.69) is 25.7 Å². The van der Waals surface area contributed by atoms with Crippen molar-refractivity contribution in [1.29, 1.82) is 0 Å². The molecule has 0 aromatic carbocycles. The first-order valence-corrected chi connectivity index (χ1v) is 4.54. The third-order valence-corrected chi connectivity index (χ3v) is 2.17. The quantitative estimate of drug-likeness (QED) is 0.405. The molecule has 0 fully saturated rings. The Bertz CT molecular complexity index is 57.4. The summed E-state index contributed by atoms with van der Waals surface area (Å²) in [5.74, 6) is 2.26. The molecule has 48 valence electrons. The van der Waals surface area contributed by atoms with Crippen molar-refractivity contribution >= 4 is 8.58 Å². The van der Waals surface area contributed by atoms with Crippen molar-refractivity contribution in [3.63, 3.8) is 0 Å². The fourth-order valence-corrected chi connectivity index (χ4v) is 1.44.